The molecule has 1 unspecified atom stereocenters. The van der Waals surface area contributed by atoms with Crippen molar-refractivity contribution in [1.82, 2.24) is 9.88 Å². The van der Waals surface area contributed by atoms with Crippen LogP contribution in [0.5, 0.6) is 5.75 Å². The smallest absolute Gasteiger partial charge is 0.328 e. The Kier molecular flexibility index (Phi) is 10.4. The van der Waals surface area contributed by atoms with Crippen LogP contribution in [0.1, 0.15) is 19.8 Å². The Bertz CT molecular complexity index is 1140. The number of anilines is 1. The van der Waals surface area contributed by atoms with Crippen molar-refractivity contribution < 1.29 is 28.9 Å². The summed E-state index contributed by atoms with van der Waals surface area (Å²) in [5, 5.41) is 16.7. The van der Waals surface area contributed by atoms with E-state index in [0.717, 1.165) is 48.9 Å². The van der Waals surface area contributed by atoms with Gasteiger partial charge >= 0.3 is 11.9 Å². The zero-order valence-corrected chi connectivity index (χ0v) is 21.7. The lowest BCUT2D eigenvalue weighted by Gasteiger charge is -2.37. The number of hydrogen-bond acceptors (Lipinski definition) is 7. The number of thiazole rings is 1. The second kappa shape index (κ2) is 13.7. The summed E-state index contributed by atoms with van der Waals surface area (Å²) < 4.78 is 20.0. The van der Waals surface area contributed by atoms with Gasteiger partial charge in [0.05, 0.1) is 16.8 Å². The van der Waals surface area contributed by atoms with Crippen molar-refractivity contribution in [2.45, 2.75) is 25.8 Å². The number of halogens is 1. The van der Waals surface area contributed by atoms with Crippen LogP contribution in [-0.4, -0.2) is 71.4 Å². The summed E-state index contributed by atoms with van der Waals surface area (Å²) in [7, 11) is 2.18. The molecule has 1 aliphatic heterocycles. The Labute approximate surface area is 219 Å². The van der Waals surface area contributed by atoms with E-state index in [9.17, 15) is 14.0 Å². The van der Waals surface area contributed by atoms with Crippen molar-refractivity contribution in [2.24, 2.45) is 5.92 Å². The van der Waals surface area contributed by atoms with E-state index >= 15 is 0 Å². The number of para-hydroxylation sites is 1. The summed E-state index contributed by atoms with van der Waals surface area (Å²) in [6.07, 6.45) is 3.42. The fraction of sp³-hybridized carbons (Fsp3) is 0.370. The molecule has 0 bridgehead atoms. The zero-order chi connectivity index (χ0) is 26.8. The molecule has 2 heterocycles. The van der Waals surface area contributed by atoms with Crippen LogP contribution in [0.15, 0.2) is 60.7 Å². The normalized spacial score (nSPS) is 15.2. The first-order valence-corrected chi connectivity index (χ1v) is 12.9. The maximum Gasteiger partial charge on any atom is 0.328 e. The van der Waals surface area contributed by atoms with Gasteiger partial charge in [0.2, 0.25) is 0 Å². The molecule has 10 heteroatoms. The van der Waals surface area contributed by atoms with Gasteiger partial charge in [0, 0.05) is 50.8 Å². The van der Waals surface area contributed by atoms with Crippen LogP contribution in [0, 0.1) is 11.7 Å². The molecule has 198 valence electrons. The molecule has 0 saturated carbocycles. The maximum absolute atomic E-state index is 13.0. The van der Waals surface area contributed by atoms with Crippen molar-refractivity contribution in [3.63, 3.8) is 0 Å². The second-order valence-electron chi connectivity index (χ2n) is 8.99. The van der Waals surface area contributed by atoms with Gasteiger partial charge in [-0.15, -0.1) is 0 Å². The molecule has 37 heavy (non-hydrogen) atoms. The lowest BCUT2D eigenvalue weighted by molar-refractivity contribution is -0.134. The predicted molar refractivity (Wildman–Crippen MR) is 143 cm³/mol. The van der Waals surface area contributed by atoms with Crippen LogP contribution in [-0.2, 0) is 9.59 Å². The first-order valence-electron chi connectivity index (χ1n) is 12.0. The first kappa shape index (κ1) is 28.1. The van der Waals surface area contributed by atoms with Crippen LogP contribution >= 0.6 is 11.3 Å². The molecule has 3 aromatic rings. The number of likely N-dealkylation sites (tertiary alicyclic amines) is 1. The number of ether oxygens (including phenoxy) is 1. The summed E-state index contributed by atoms with van der Waals surface area (Å²) in [6, 6.07) is 15.1. The van der Waals surface area contributed by atoms with Gasteiger partial charge in [0.1, 0.15) is 11.6 Å². The molecule has 1 atom stereocenters. The molecule has 0 spiro atoms. The third-order valence-corrected chi connectivity index (χ3v) is 7.10. The van der Waals surface area contributed by atoms with Crippen LogP contribution in [0.25, 0.3) is 10.2 Å². The van der Waals surface area contributed by atoms with Gasteiger partial charge in [-0.25, -0.2) is 19.0 Å². The molecule has 8 nitrogen and oxygen atoms in total. The number of carboxylic acid groups (broad SMARTS) is 2. The highest BCUT2D eigenvalue weighted by Crippen LogP contribution is 2.31. The van der Waals surface area contributed by atoms with Crippen LogP contribution in [0.2, 0.25) is 0 Å². The largest absolute Gasteiger partial charge is 0.493 e. The zero-order valence-electron chi connectivity index (χ0n) is 20.9. The van der Waals surface area contributed by atoms with Crippen molar-refractivity contribution in [2.75, 3.05) is 38.2 Å². The minimum absolute atomic E-state index is 0.232. The lowest BCUT2D eigenvalue weighted by atomic mass is 10.0. The van der Waals surface area contributed by atoms with E-state index in [1.54, 1.807) is 23.5 Å². The topological polar surface area (TPSA) is 103 Å². The van der Waals surface area contributed by atoms with E-state index < -0.39 is 11.9 Å². The average molecular weight is 530 g/mol. The van der Waals surface area contributed by atoms with E-state index in [-0.39, 0.29) is 5.82 Å². The number of carbonyl (C=O) groups is 2. The summed E-state index contributed by atoms with van der Waals surface area (Å²) in [6.45, 7) is 6.08. The van der Waals surface area contributed by atoms with Crippen LogP contribution in [0.4, 0.5) is 9.52 Å². The van der Waals surface area contributed by atoms with Gasteiger partial charge < -0.3 is 24.7 Å². The van der Waals surface area contributed by atoms with Crippen molar-refractivity contribution in [1.29, 1.82) is 0 Å². The van der Waals surface area contributed by atoms with E-state index in [1.165, 1.54) is 16.8 Å². The molecule has 1 saturated heterocycles. The van der Waals surface area contributed by atoms with Crippen molar-refractivity contribution in [3.05, 3.63) is 66.5 Å². The molecule has 2 N–H and O–H groups in total. The van der Waals surface area contributed by atoms with Gasteiger partial charge in [-0.1, -0.05) is 30.4 Å². The monoisotopic (exact) mass is 529 g/mol. The molecule has 2 aromatic carbocycles. The SMILES string of the molecule is CC(COc1ccc(F)cc1)CN1CCC(N(C)c2nc3ccccc3s2)CC1.O=C(O)C=CC(=O)O. The van der Waals surface area contributed by atoms with E-state index in [2.05, 4.69) is 42.0 Å². The summed E-state index contributed by atoms with van der Waals surface area (Å²) in [5.41, 5.74) is 1.09. The van der Waals surface area contributed by atoms with Gasteiger partial charge in [0.15, 0.2) is 5.13 Å². The first-order chi connectivity index (χ1) is 17.7. The summed E-state index contributed by atoms with van der Waals surface area (Å²) in [4.78, 5) is 28.8. The second-order valence-corrected chi connectivity index (χ2v) is 10.00. The standard InChI is InChI=1S/C23H28FN3OS.C4H4O4/c1-17(16-28-20-9-7-18(24)8-10-20)15-27-13-11-19(12-14-27)26(2)23-25-21-5-3-4-6-22(21)29-23;5-3(6)1-2-4(7)8/h3-10,17,19H,11-16H2,1-2H3;1-2H,(H,5,6)(H,7,8). The third-order valence-electron chi connectivity index (χ3n) is 5.98. The molecule has 0 radical (unpaired) electrons. The van der Waals surface area contributed by atoms with Crippen molar-refractivity contribution in [3.8, 4) is 5.75 Å². The number of aromatic nitrogens is 1. The van der Waals surface area contributed by atoms with Crippen LogP contribution < -0.4 is 9.64 Å². The number of rotatable bonds is 9. The molecule has 0 aliphatic carbocycles. The lowest BCUT2D eigenvalue weighted by Crippen LogP contribution is -2.45. The van der Waals surface area contributed by atoms with Gasteiger partial charge in [-0.3, -0.25) is 0 Å². The summed E-state index contributed by atoms with van der Waals surface area (Å²) in [5.74, 6) is -1.59. The number of benzene rings is 2. The fourth-order valence-electron chi connectivity index (χ4n) is 4.06. The molecular formula is C27H32FN3O5S. The van der Waals surface area contributed by atoms with Crippen LogP contribution in [0.3, 0.4) is 0 Å². The highest BCUT2D eigenvalue weighted by atomic mass is 32.1. The average Bonchev–Trinajstić information content (AvgIpc) is 3.32. The highest BCUT2D eigenvalue weighted by molar-refractivity contribution is 7.22. The Morgan fingerprint density at radius 3 is 2.35 bits per heavy atom. The Hall–Kier alpha value is -3.50. The van der Waals surface area contributed by atoms with Crippen molar-refractivity contribution >= 4 is 38.6 Å². The van der Waals surface area contributed by atoms with Gasteiger partial charge in [-0.05, 0) is 49.2 Å². The number of nitrogens with zero attached hydrogens (tertiary/aromatic N) is 3. The number of aliphatic carboxylic acids is 2. The quantitative estimate of drug-likeness (QED) is 0.383. The minimum Gasteiger partial charge on any atom is -0.493 e. The number of fused-ring (bicyclic) bond motifs is 1. The molecule has 0 amide bonds. The molecule has 1 fully saturated rings. The number of hydrogen-bond donors (Lipinski definition) is 2. The molecule has 1 aromatic heterocycles. The van der Waals surface area contributed by atoms with E-state index in [0.29, 0.717) is 30.7 Å². The van der Waals surface area contributed by atoms with E-state index in [4.69, 9.17) is 19.9 Å². The molecule has 1 aliphatic rings. The Balaban J connectivity index is 0.000000414. The third kappa shape index (κ3) is 9.14. The van der Waals surface area contributed by atoms with Gasteiger partial charge in [-0.2, -0.15) is 0 Å². The summed E-state index contributed by atoms with van der Waals surface area (Å²) >= 11 is 1.78. The Morgan fingerprint density at radius 2 is 1.76 bits per heavy atom. The minimum atomic E-state index is -1.26. The van der Waals surface area contributed by atoms with Gasteiger partial charge in [0.25, 0.3) is 0 Å². The van der Waals surface area contributed by atoms with E-state index in [1.807, 2.05) is 6.07 Å². The number of carboxylic acids is 2. The maximum atomic E-state index is 13.0. The molecular weight excluding hydrogens is 497 g/mol. The number of piperidine rings is 1. The predicted octanol–water partition coefficient (Wildman–Crippen LogP) is 4.76. The molecule has 4 rings (SSSR count). The highest BCUT2D eigenvalue weighted by Gasteiger charge is 2.25. The fourth-order valence-corrected chi connectivity index (χ4v) is 5.06. The Morgan fingerprint density at radius 1 is 1.14 bits per heavy atom.